The number of benzene rings is 4. The smallest absolute Gasteiger partial charge is 0.477 e. The Hall–Kier alpha value is -12.7. The van der Waals surface area contributed by atoms with Crippen molar-refractivity contribution in [1.29, 1.82) is 0 Å². The summed E-state index contributed by atoms with van der Waals surface area (Å²) in [4.78, 5) is 171. The van der Waals surface area contributed by atoms with Crippen LogP contribution in [0.5, 0.6) is 0 Å². The number of hydrogen-bond acceptors (Lipinski definition) is 26. The van der Waals surface area contributed by atoms with E-state index in [1.54, 1.807) is 204 Å². The lowest BCUT2D eigenvalue weighted by Gasteiger charge is -2.41. The number of ether oxygens (including phenoxy) is 14. The van der Waals surface area contributed by atoms with Crippen molar-refractivity contribution in [2.24, 2.45) is 9.98 Å². The second-order valence-corrected chi connectivity index (χ2v) is 33.3. The average Bonchev–Trinajstić information content (AvgIpc) is 1.67. The molecule has 2 saturated heterocycles. The van der Waals surface area contributed by atoms with Gasteiger partial charge in [-0.15, -0.1) is 9.98 Å². The van der Waals surface area contributed by atoms with Crippen molar-refractivity contribution in [2.45, 2.75) is 263 Å². The molecule has 0 radical (unpaired) electrons. The minimum Gasteiger partial charge on any atom is -0.477 e. The highest BCUT2D eigenvalue weighted by atomic mass is 16.8. The number of hydrogen-bond donors (Lipinski definition) is 8. The van der Waals surface area contributed by atoms with E-state index in [1.165, 1.54) is 26.0 Å². The summed E-state index contributed by atoms with van der Waals surface area (Å²) in [6.45, 7) is 20.9. The third-order valence-corrected chi connectivity index (χ3v) is 18.2. The number of guanidine groups is 2. The molecule has 4 aliphatic rings. The maximum absolute atomic E-state index is 14.8. The lowest BCUT2D eigenvalue weighted by molar-refractivity contribution is -0.154. The first-order valence-electron chi connectivity index (χ1n) is 40.9. The Kier molecular flexibility index (Phi) is 35.3. The summed E-state index contributed by atoms with van der Waals surface area (Å²) in [6.07, 6.45) is -9.02. The van der Waals surface area contributed by atoms with Crippen LogP contribution in [-0.2, 0) is 85.5 Å². The predicted octanol–water partition coefficient (Wildman–Crippen LogP) is 12.3. The van der Waals surface area contributed by atoms with Gasteiger partial charge in [0, 0.05) is 26.9 Å². The van der Waals surface area contributed by atoms with E-state index in [9.17, 15) is 57.5 Å². The Morgan fingerprint density at radius 2 is 0.675 bits per heavy atom. The fraction of sp³-hybridized carbons (Fsp3) is 0.517. The summed E-state index contributed by atoms with van der Waals surface area (Å²) >= 11 is 0. The molecule has 668 valence electrons. The third-order valence-electron chi connectivity index (χ3n) is 18.2. The van der Waals surface area contributed by atoms with Gasteiger partial charge in [-0.2, -0.15) is 0 Å². The maximum Gasteiger partial charge on any atom is 0.508 e. The van der Waals surface area contributed by atoms with Crippen molar-refractivity contribution >= 4 is 84.5 Å². The number of alkyl carbamates (subject to hydrolysis) is 4. The molecule has 4 heterocycles. The molecule has 36 heteroatoms. The first kappa shape index (κ1) is 95.8. The van der Waals surface area contributed by atoms with E-state index >= 15 is 0 Å². The van der Waals surface area contributed by atoms with Crippen LogP contribution in [0.25, 0.3) is 0 Å². The van der Waals surface area contributed by atoms with Crippen molar-refractivity contribution in [3.63, 3.8) is 0 Å². The van der Waals surface area contributed by atoms with E-state index in [0.29, 0.717) is 47.9 Å². The third kappa shape index (κ3) is 33.0. The molecule has 2 fully saturated rings. The van der Waals surface area contributed by atoms with E-state index in [0.717, 1.165) is 44.9 Å². The summed E-state index contributed by atoms with van der Waals surface area (Å²) in [5.41, 5.74) is -1.88. The molecule has 0 aliphatic carbocycles. The molecule has 0 bridgehead atoms. The number of amides is 8. The number of nitrogens with zero attached hydrogens (tertiary/aromatic N) is 2. The van der Waals surface area contributed by atoms with Gasteiger partial charge in [-0.05, 0) is 130 Å². The number of cyclic esters (lactones) is 4. The number of rotatable bonds is 32. The van der Waals surface area contributed by atoms with E-state index in [1.807, 2.05) is 0 Å². The van der Waals surface area contributed by atoms with E-state index in [4.69, 9.17) is 66.3 Å². The average molecular weight is 1720 g/mol. The highest BCUT2D eigenvalue weighted by molar-refractivity contribution is 6.00. The summed E-state index contributed by atoms with van der Waals surface area (Å²) in [7, 11) is 0. The van der Waals surface area contributed by atoms with Crippen LogP contribution in [-0.4, -0.2) is 194 Å². The van der Waals surface area contributed by atoms with E-state index in [2.05, 4.69) is 52.5 Å². The highest BCUT2D eigenvalue weighted by Gasteiger charge is 2.53. The van der Waals surface area contributed by atoms with Crippen LogP contribution in [0.2, 0.25) is 0 Å². The standard InChI is InChI=1S/C87H114N10O26/c1-52(98)90-64-58(92-74(94-78(104)120-84(3,4)5)95-79(105)121-85(6,7)8)48-60(72(100)116-66(54-38-28-24-29-39-54)55-40-30-25-31-41-55)112-70(64)68(62-50-110-82(108)114-62)118-76(102)88-46-36-22-20-18-16-15-17-19-21-23-37-47-89-77(103)119-69(63-51-111-83(109)115-63)71-65(91-53(2)99)59(93-75(96-80(106)122-86(9,10)11)97-81(107)123-87(12,13)14)49-61(113-71)73(101)117-67(56-42-32-26-33-43-56)57-44-34-27-35-45-57/h24-35,38-45,48-49,58-59,62-71H,15-23,36-37,46-47,50-51H2,1-14H3,(H,88,102)(H,89,103)(H,90,98)(H,91,99)(H2,92,94,95,104,105)(H2,93,96,97,106,107)/t58-,59-,62-,63-,64+,65+,68+,69+,70+,71+/m0/s1. The molecule has 0 spiro atoms. The Balaban J connectivity index is 0.871. The molecule has 36 nitrogen and oxygen atoms in total. The lowest BCUT2D eigenvalue weighted by atomic mass is 9.91. The minimum absolute atomic E-state index is 0.136. The van der Waals surface area contributed by atoms with Gasteiger partial charge in [0.2, 0.25) is 35.3 Å². The molecule has 8 amide bonds. The van der Waals surface area contributed by atoms with Gasteiger partial charge in [0.15, 0.2) is 48.8 Å². The lowest BCUT2D eigenvalue weighted by Crippen LogP contribution is -2.65. The summed E-state index contributed by atoms with van der Waals surface area (Å²) in [5, 5.41) is 21.7. The second-order valence-electron chi connectivity index (χ2n) is 33.3. The van der Waals surface area contributed by atoms with Crippen LogP contribution in [0.4, 0.5) is 38.4 Å². The van der Waals surface area contributed by atoms with Crippen LogP contribution in [0.3, 0.4) is 0 Å². The SMILES string of the molecule is CC(=O)N[C@H]1[C@H]([C@H](OC(=O)NCCCCCCCCCCCCCNC(=O)O[C@@H]([C@@H]2OC(C(=O)OC(c3ccccc3)c3ccccc3)=C[C@H](N/C(=N/C(=O)OC(C)(C)C)NC(=O)OC(C)(C)C)[C@H]2NC(C)=O)[C@@H]2COC(=O)O2)[C@@H]2COC(=O)O2)OC(C(=O)OC(c2ccccc2)c2ccccc2)=C[C@@H]1N/C(=N/C(=O)OC(C)(C)C)NC(=O)OC(C)(C)C. The molecule has 4 aliphatic heterocycles. The van der Waals surface area contributed by atoms with Crippen LogP contribution in [0, 0.1) is 0 Å². The van der Waals surface area contributed by atoms with Gasteiger partial charge in [0.1, 0.15) is 35.6 Å². The largest absolute Gasteiger partial charge is 0.508 e. The van der Waals surface area contributed by atoms with Gasteiger partial charge in [0.25, 0.3) is 0 Å². The van der Waals surface area contributed by atoms with Crippen molar-refractivity contribution < 1.29 is 124 Å². The van der Waals surface area contributed by atoms with Crippen molar-refractivity contribution in [3.05, 3.63) is 167 Å². The Morgan fingerprint density at radius 3 is 0.943 bits per heavy atom. The maximum atomic E-state index is 14.8. The first-order chi connectivity index (χ1) is 58.2. The van der Waals surface area contributed by atoms with Crippen molar-refractivity contribution in [2.75, 3.05) is 26.3 Å². The van der Waals surface area contributed by atoms with E-state index < -0.39 is 205 Å². The van der Waals surface area contributed by atoms with Crippen LogP contribution >= 0.6 is 0 Å². The molecular weight excluding hydrogens is 1600 g/mol. The summed E-state index contributed by atoms with van der Waals surface area (Å²) in [6, 6.07) is 29.7. The summed E-state index contributed by atoms with van der Waals surface area (Å²) < 4.78 is 80.8. The first-order valence-corrected chi connectivity index (χ1v) is 40.9. The van der Waals surface area contributed by atoms with Gasteiger partial charge in [-0.25, -0.2) is 47.9 Å². The number of aliphatic imine (C=N–C) groups is 2. The molecule has 0 saturated carbocycles. The molecular formula is C87H114N10O26. The quantitative estimate of drug-likeness (QED) is 0.00740. The molecule has 8 rings (SSSR count). The molecule has 4 aromatic carbocycles. The van der Waals surface area contributed by atoms with Crippen LogP contribution < -0.4 is 42.5 Å². The van der Waals surface area contributed by atoms with E-state index in [-0.39, 0.29) is 13.1 Å². The van der Waals surface area contributed by atoms with Gasteiger partial charge in [-0.3, -0.25) is 20.2 Å². The molecule has 8 N–H and O–H groups in total. The number of nitrogens with one attached hydrogen (secondary N) is 8. The van der Waals surface area contributed by atoms with Gasteiger partial charge >= 0.3 is 60.8 Å². The predicted molar refractivity (Wildman–Crippen MR) is 442 cm³/mol. The normalized spacial score (nSPS) is 19.5. The zero-order chi connectivity index (χ0) is 89.6. The fourth-order valence-corrected chi connectivity index (χ4v) is 13.1. The highest BCUT2D eigenvalue weighted by Crippen LogP contribution is 2.35. The number of unbranched alkanes of at least 4 members (excludes halogenated alkanes) is 10. The molecule has 10 atom stereocenters. The number of esters is 2. The van der Waals surface area contributed by atoms with Crippen molar-refractivity contribution in [1.82, 2.24) is 42.5 Å². The minimum atomic E-state index is -1.66. The molecule has 4 aromatic rings. The zero-order valence-corrected chi connectivity index (χ0v) is 71.7. The Labute approximate surface area is 714 Å². The monoisotopic (exact) mass is 1710 g/mol. The van der Waals surface area contributed by atoms with Gasteiger partial charge in [0.05, 0.1) is 24.2 Å². The van der Waals surface area contributed by atoms with Crippen LogP contribution in [0.1, 0.15) is 202 Å². The zero-order valence-electron chi connectivity index (χ0n) is 71.7. The molecule has 0 aromatic heterocycles. The Morgan fingerprint density at radius 1 is 0.382 bits per heavy atom. The number of carbonyl (C=O) groups is 12. The number of carbonyl (C=O) groups excluding carboxylic acids is 12. The van der Waals surface area contributed by atoms with Gasteiger partial charge < -0.3 is 98.2 Å². The van der Waals surface area contributed by atoms with Crippen LogP contribution in [0.15, 0.2) is 155 Å². The topological polar surface area (TPSA) is 455 Å². The summed E-state index contributed by atoms with van der Waals surface area (Å²) in [5.74, 6) is -5.59. The van der Waals surface area contributed by atoms with Gasteiger partial charge in [-0.1, -0.05) is 179 Å². The second kappa shape index (κ2) is 45.3. The molecule has 0 unspecified atom stereocenters. The van der Waals surface area contributed by atoms with Crippen molar-refractivity contribution in [3.8, 4) is 0 Å². The Bertz CT molecular complexity index is 4040. The fourth-order valence-electron chi connectivity index (χ4n) is 13.1. The molecule has 123 heavy (non-hydrogen) atoms.